The van der Waals surface area contributed by atoms with Crippen molar-refractivity contribution in [3.05, 3.63) is 89.5 Å². The van der Waals surface area contributed by atoms with Crippen LogP contribution in [0.5, 0.6) is 0 Å². The second kappa shape index (κ2) is 9.25. The maximum Gasteiger partial charge on any atom is 0.407 e. The van der Waals surface area contributed by atoms with E-state index in [9.17, 15) is 14.4 Å². The van der Waals surface area contributed by atoms with Crippen molar-refractivity contribution in [3.63, 3.8) is 0 Å². The van der Waals surface area contributed by atoms with Gasteiger partial charge >= 0.3 is 12.1 Å². The van der Waals surface area contributed by atoms with Crippen LogP contribution in [-0.2, 0) is 9.53 Å². The van der Waals surface area contributed by atoms with Gasteiger partial charge in [0.1, 0.15) is 6.61 Å². The molecule has 0 unspecified atom stereocenters. The highest BCUT2D eigenvalue weighted by Crippen LogP contribution is 2.44. The third kappa shape index (κ3) is 4.49. The van der Waals surface area contributed by atoms with Gasteiger partial charge in [0.05, 0.1) is 5.56 Å². The maximum atomic E-state index is 12.8. The zero-order valence-corrected chi connectivity index (χ0v) is 19.3. The van der Waals surface area contributed by atoms with Crippen LogP contribution in [0, 0.1) is 11.8 Å². The topological polar surface area (TPSA) is 95.9 Å². The minimum absolute atomic E-state index is 0.00128. The summed E-state index contributed by atoms with van der Waals surface area (Å²) in [6, 6.07) is 22.6. The standard InChI is InChI=1S/C28H26N2O5/c1-30(19-8-6-7-17(13-19)27(32)33)26(31)24-14-18(24)15-29-28(34)35-16-25-22-11-4-2-9-20(22)21-10-3-5-12-23(21)25/h2-13,18,24-25H,14-16H2,1H3,(H,29,34)(H,32,33)/t18-,24-/m1/s1. The van der Waals surface area contributed by atoms with E-state index in [0.717, 1.165) is 11.1 Å². The number of alkyl carbamates (subject to hydrolysis) is 1. The molecule has 0 saturated heterocycles. The molecule has 2 aliphatic carbocycles. The van der Waals surface area contributed by atoms with Crippen LogP contribution in [-0.4, -0.2) is 43.3 Å². The summed E-state index contributed by atoms with van der Waals surface area (Å²) in [6.45, 7) is 0.603. The van der Waals surface area contributed by atoms with Crippen molar-refractivity contribution in [1.82, 2.24) is 5.32 Å². The second-order valence-corrected chi connectivity index (χ2v) is 9.06. The largest absolute Gasteiger partial charge is 0.478 e. The van der Waals surface area contributed by atoms with Gasteiger partial charge in [-0.25, -0.2) is 9.59 Å². The van der Waals surface area contributed by atoms with Gasteiger partial charge < -0.3 is 20.1 Å². The lowest BCUT2D eigenvalue weighted by atomic mass is 9.98. The third-order valence-electron chi connectivity index (χ3n) is 6.90. The Hall–Kier alpha value is -4.13. The Bertz CT molecular complexity index is 1260. The van der Waals surface area contributed by atoms with Crippen LogP contribution in [0.25, 0.3) is 11.1 Å². The molecule has 0 bridgehead atoms. The molecular weight excluding hydrogens is 444 g/mol. The number of hydrogen-bond donors (Lipinski definition) is 2. The van der Waals surface area contributed by atoms with Gasteiger partial charge in [-0.15, -0.1) is 0 Å². The summed E-state index contributed by atoms with van der Waals surface area (Å²) in [7, 11) is 1.64. The van der Waals surface area contributed by atoms with Crippen LogP contribution in [0.4, 0.5) is 10.5 Å². The Balaban J connectivity index is 1.12. The lowest BCUT2D eigenvalue weighted by Crippen LogP contribution is -2.31. The minimum Gasteiger partial charge on any atom is -0.478 e. The monoisotopic (exact) mass is 470 g/mol. The van der Waals surface area contributed by atoms with Gasteiger partial charge in [-0.3, -0.25) is 4.79 Å². The van der Waals surface area contributed by atoms with Crippen LogP contribution in [0.1, 0.15) is 33.8 Å². The van der Waals surface area contributed by atoms with Crippen LogP contribution >= 0.6 is 0 Å². The first-order valence-electron chi connectivity index (χ1n) is 11.6. The van der Waals surface area contributed by atoms with Gasteiger partial charge in [-0.05, 0) is 52.8 Å². The number of carbonyl (C=O) groups is 3. The van der Waals surface area contributed by atoms with Gasteiger partial charge in [0.2, 0.25) is 5.91 Å². The molecular formula is C28H26N2O5. The fourth-order valence-electron chi connectivity index (χ4n) is 4.86. The van der Waals surface area contributed by atoms with Crippen LogP contribution < -0.4 is 10.2 Å². The summed E-state index contributed by atoms with van der Waals surface area (Å²) in [5.74, 6) is -1.30. The van der Waals surface area contributed by atoms with E-state index in [-0.39, 0.29) is 35.8 Å². The van der Waals surface area contributed by atoms with Crippen molar-refractivity contribution in [2.45, 2.75) is 12.3 Å². The lowest BCUT2D eigenvalue weighted by Gasteiger charge is -2.18. The van der Waals surface area contributed by atoms with E-state index in [4.69, 9.17) is 9.84 Å². The van der Waals surface area contributed by atoms with E-state index in [0.29, 0.717) is 18.7 Å². The van der Waals surface area contributed by atoms with E-state index >= 15 is 0 Å². The Morgan fingerprint density at radius 1 is 0.971 bits per heavy atom. The van der Waals surface area contributed by atoms with E-state index in [1.165, 1.54) is 28.2 Å². The molecule has 7 nitrogen and oxygen atoms in total. The number of carboxylic acid groups (broad SMARTS) is 1. The van der Waals surface area contributed by atoms with Gasteiger partial charge in [-0.1, -0.05) is 54.6 Å². The number of carboxylic acids is 1. The van der Waals surface area contributed by atoms with Crippen LogP contribution in [0.2, 0.25) is 0 Å². The Labute approximate surface area is 203 Å². The van der Waals surface area contributed by atoms with Crippen molar-refractivity contribution in [1.29, 1.82) is 0 Å². The van der Waals surface area contributed by atoms with Crippen molar-refractivity contribution in [2.24, 2.45) is 11.8 Å². The molecule has 2 N–H and O–H groups in total. The normalized spacial score (nSPS) is 17.7. The fourth-order valence-corrected chi connectivity index (χ4v) is 4.86. The zero-order chi connectivity index (χ0) is 24.5. The number of aromatic carboxylic acids is 1. The highest BCUT2D eigenvalue weighted by atomic mass is 16.5. The Morgan fingerprint density at radius 2 is 1.63 bits per heavy atom. The molecule has 2 amide bonds. The number of amides is 2. The number of fused-ring (bicyclic) bond motifs is 3. The summed E-state index contributed by atoms with van der Waals surface area (Å²) in [6.07, 6.45) is 0.179. The first kappa shape index (κ1) is 22.7. The minimum atomic E-state index is -1.04. The van der Waals surface area contributed by atoms with Crippen molar-refractivity contribution < 1.29 is 24.2 Å². The van der Waals surface area contributed by atoms with E-state index in [1.54, 1.807) is 19.2 Å². The molecule has 2 atom stereocenters. The predicted molar refractivity (Wildman–Crippen MR) is 131 cm³/mol. The quantitative estimate of drug-likeness (QED) is 0.529. The van der Waals surface area contributed by atoms with Crippen molar-refractivity contribution >= 4 is 23.7 Å². The molecule has 0 aromatic heterocycles. The molecule has 3 aromatic rings. The fraction of sp³-hybridized carbons (Fsp3) is 0.250. The first-order chi connectivity index (χ1) is 16.9. The van der Waals surface area contributed by atoms with Crippen molar-refractivity contribution in [3.8, 4) is 11.1 Å². The average molecular weight is 471 g/mol. The molecule has 3 aromatic carbocycles. The number of nitrogens with one attached hydrogen (secondary N) is 1. The average Bonchev–Trinajstić information content (AvgIpc) is 3.60. The van der Waals surface area contributed by atoms with Gasteiger partial charge in [0.25, 0.3) is 0 Å². The first-order valence-corrected chi connectivity index (χ1v) is 11.6. The molecule has 1 saturated carbocycles. The molecule has 2 aliphatic rings. The number of ether oxygens (including phenoxy) is 1. The molecule has 7 heteroatoms. The summed E-state index contributed by atoms with van der Waals surface area (Å²) in [5, 5.41) is 12.0. The Morgan fingerprint density at radius 3 is 2.29 bits per heavy atom. The second-order valence-electron chi connectivity index (χ2n) is 9.06. The van der Waals surface area contributed by atoms with Gasteiger partial charge in [0, 0.05) is 31.1 Å². The van der Waals surface area contributed by atoms with E-state index < -0.39 is 12.1 Å². The molecule has 0 radical (unpaired) electrons. The summed E-state index contributed by atoms with van der Waals surface area (Å²) < 4.78 is 5.56. The summed E-state index contributed by atoms with van der Waals surface area (Å²) in [4.78, 5) is 37.9. The highest BCUT2D eigenvalue weighted by molar-refractivity contribution is 5.98. The number of benzene rings is 3. The number of nitrogens with zero attached hydrogens (tertiary/aromatic N) is 1. The zero-order valence-electron chi connectivity index (χ0n) is 19.3. The third-order valence-corrected chi connectivity index (χ3v) is 6.90. The van der Waals surface area contributed by atoms with Gasteiger partial charge in [0.15, 0.2) is 0 Å². The smallest absolute Gasteiger partial charge is 0.407 e. The maximum absolute atomic E-state index is 12.8. The van der Waals surface area contributed by atoms with Crippen LogP contribution in [0.3, 0.4) is 0 Å². The molecule has 178 valence electrons. The van der Waals surface area contributed by atoms with E-state index in [1.807, 2.05) is 24.3 Å². The highest BCUT2D eigenvalue weighted by Gasteiger charge is 2.44. The molecule has 0 aliphatic heterocycles. The molecule has 0 heterocycles. The molecule has 5 rings (SSSR count). The molecule has 0 spiro atoms. The summed E-state index contributed by atoms with van der Waals surface area (Å²) in [5.41, 5.74) is 5.33. The predicted octanol–water partition coefficient (Wildman–Crippen LogP) is 4.52. The number of anilines is 1. The molecule has 1 fully saturated rings. The van der Waals surface area contributed by atoms with Crippen LogP contribution in [0.15, 0.2) is 72.8 Å². The number of hydrogen-bond acceptors (Lipinski definition) is 4. The SMILES string of the molecule is CN(C(=O)[C@@H]1C[C@@H]1CNC(=O)OCC1c2ccccc2-c2ccccc21)c1cccc(C(=O)O)c1. The number of carbonyl (C=O) groups excluding carboxylic acids is 2. The van der Waals surface area contributed by atoms with Crippen molar-refractivity contribution in [2.75, 3.05) is 25.1 Å². The van der Waals surface area contributed by atoms with E-state index in [2.05, 4.69) is 29.6 Å². The lowest BCUT2D eigenvalue weighted by molar-refractivity contribution is -0.119. The summed E-state index contributed by atoms with van der Waals surface area (Å²) >= 11 is 0. The molecule has 35 heavy (non-hydrogen) atoms. The number of rotatable bonds is 7. The Kier molecular flexibility index (Phi) is 5.99. The van der Waals surface area contributed by atoms with Gasteiger partial charge in [-0.2, -0.15) is 0 Å².